The summed E-state index contributed by atoms with van der Waals surface area (Å²) in [5.74, 6) is 0. The lowest BCUT2D eigenvalue weighted by Gasteiger charge is -2.17. The van der Waals surface area contributed by atoms with Crippen molar-refractivity contribution in [2.24, 2.45) is 0 Å². The van der Waals surface area contributed by atoms with Crippen molar-refractivity contribution in [2.45, 2.75) is 0 Å². The van der Waals surface area contributed by atoms with Gasteiger partial charge in [-0.3, -0.25) is 0 Å². The van der Waals surface area contributed by atoms with Gasteiger partial charge >= 0.3 is 0 Å². The van der Waals surface area contributed by atoms with E-state index in [1.165, 1.54) is 40.2 Å². The van der Waals surface area contributed by atoms with Gasteiger partial charge in [0.15, 0.2) is 0 Å². The minimum absolute atomic E-state index is 0.621. The molecule has 202 valence electrons. The number of thiophene rings is 2. The Kier molecular flexibility index (Phi) is 8.18. The van der Waals surface area contributed by atoms with Gasteiger partial charge in [-0.2, -0.15) is 0 Å². The van der Waals surface area contributed by atoms with E-state index in [4.69, 9.17) is 4.98 Å². The fourth-order valence-electron chi connectivity index (χ4n) is 5.00. The molecule has 3 heterocycles. The van der Waals surface area contributed by atoms with Crippen LogP contribution in [0.15, 0.2) is 164 Å². The second kappa shape index (κ2) is 12.7. The van der Waals surface area contributed by atoms with E-state index >= 15 is 0 Å². The first-order chi connectivity index (χ1) is 20.8. The Labute approximate surface area is 257 Å². The zero-order valence-electron chi connectivity index (χ0n) is 22.7. The molecule has 0 radical (unpaired) electrons. The summed E-state index contributed by atoms with van der Waals surface area (Å²) in [4.78, 5) is 7.60. The molecule has 1 nitrogen and oxygen atoms in total. The minimum Gasteiger partial charge on any atom is -0.246 e. The van der Waals surface area contributed by atoms with Gasteiger partial charge in [0.05, 0.1) is 21.1 Å². The van der Waals surface area contributed by atoms with Crippen LogP contribution < -0.4 is 30.5 Å². The quantitative estimate of drug-likeness (QED) is 0.159. The molecule has 7 rings (SSSR count). The van der Waals surface area contributed by atoms with E-state index in [0.29, 0.717) is 0 Å². The maximum atomic E-state index is 5.18. The molecule has 0 atom stereocenters. The van der Waals surface area contributed by atoms with Crippen LogP contribution in [0.25, 0.3) is 21.1 Å². The summed E-state index contributed by atoms with van der Waals surface area (Å²) in [6, 6.07) is 59.1. The standard InChI is InChI=1S/C37H27NP2S2/c1-5-14-28(15-6-1)39(29-16-7-2-8-17-29)36-26-24-34(41-36)32-22-13-23-33(38-32)35-25-27-37(42-35)40(30-18-9-3-10-19-30)31-20-11-4-12-21-31/h1-27H. The van der Waals surface area contributed by atoms with Crippen LogP contribution in [0.4, 0.5) is 0 Å². The molecule has 0 N–H and O–H groups in total. The monoisotopic (exact) mass is 611 g/mol. The van der Waals surface area contributed by atoms with Crippen molar-refractivity contribution in [3.63, 3.8) is 0 Å². The van der Waals surface area contributed by atoms with E-state index in [9.17, 15) is 0 Å². The van der Waals surface area contributed by atoms with Gasteiger partial charge in [-0.1, -0.05) is 127 Å². The number of hydrogen-bond donors (Lipinski definition) is 0. The highest BCUT2D eigenvalue weighted by Gasteiger charge is 2.21. The maximum Gasteiger partial charge on any atom is 0.0809 e. The van der Waals surface area contributed by atoms with Crippen molar-refractivity contribution in [1.29, 1.82) is 0 Å². The number of benzene rings is 4. The van der Waals surface area contributed by atoms with Crippen molar-refractivity contribution in [2.75, 3.05) is 0 Å². The molecule has 0 fully saturated rings. The molecular formula is C37H27NP2S2. The van der Waals surface area contributed by atoms with E-state index in [1.54, 1.807) is 0 Å². The predicted octanol–water partition coefficient (Wildman–Crippen LogP) is 8.06. The van der Waals surface area contributed by atoms with Crippen LogP contribution >= 0.6 is 38.5 Å². The lowest BCUT2D eigenvalue weighted by atomic mass is 10.2. The minimum atomic E-state index is -0.621. The van der Waals surface area contributed by atoms with E-state index in [0.717, 1.165) is 11.4 Å². The fraction of sp³-hybridized carbons (Fsp3) is 0. The third kappa shape index (κ3) is 5.80. The molecule has 3 aromatic heterocycles. The third-order valence-corrected chi connectivity index (χ3v) is 14.8. The summed E-state index contributed by atoms with van der Waals surface area (Å²) in [6.07, 6.45) is 0. The summed E-state index contributed by atoms with van der Waals surface area (Å²) in [5.41, 5.74) is 2.06. The second-order valence-electron chi connectivity index (χ2n) is 9.70. The molecule has 7 aromatic rings. The van der Waals surface area contributed by atoms with Gasteiger partial charge in [0.25, 0.3) is 0 Å². The second-order valence-corrected chi connectivity index (χ2v) is 16.8. The number of pyridine rings is 1. The average molecular weight is 612 g/mol. The van der Waals surface area contributed by atoms with Crippen molar-refractivity contribution >= 4 is 69.0 Å². The van der Waals surface area contributed by atoms with Crippen LogP contribution in [0.5, 0.6) is 0 Å². The normalized spacial score (nSPS) is 11.3. The van der Waals surface area contributed by atoms with E-state index in [2.05, 4.69) is 164 Å². The zero-order valence-corrected chi connectivity index (χ0v) is 26.2. The van der Waals surface area contributed by atoms with Gasteiger partial charge in [0.2, 0.25) is 0 Å². The lowest BCUT2D eigenvalue weighted by molar-refractivity contribution is 1.35. The average Bonchev–Trinajstić information content (AvgIpc) is 3.75. The summed E-state index contributed by atoms with van der Waals surface area (Å²) >= 11 is 3.73. The molecule has 42 heavy (non-hydrogen) atoms. The molecule has 0 spiro atoms. The highest BCUT2D eigenvalue weighted by atomic mass is 32.1. The van der Waals surface area contributed by atoms with Gasteiger partial charge in [-0.15, -0.1) is 22.7 Å². The van der Waals surface area contributed by atoms with Crippen LogP contribution in [0.2, 0.25) is 0 Å². The Hall–Kier alpha value is -3.71. The lowest BCUT2D eigenvalue weighted by Crippen LogP contribution is -2.18. The van der Waals surface area contributed by atoms with Crippen LogP contribution in [0.3, 0.4) is 0 Å². The number of aromatic nitrogens is 1. The molecular weight excluding hydrogens is 584 g/mol. The first kappa shape index (κ1) is 27.1. The Morgan fingerprint density at radius 3 is 1.00 bits per heavy atom. The molecule has 5 heteroatoms. The highest BCUT2D eigenvalue weighted by molar-refractivity contribution is 7.84. The number of nitrogens with zero attached hydrogens (tertiary/aromatic N) is 1. The summed E-state index contributed by atoms with van der Waals surface area (Å²) in [6.45, 7) is 0. The van der Waals surface area contributed by atoms with Crippen LogP contribution in [0, 0.1) is 0 Å². The molecule has 0 aliphatic rings. The van der Waals surface area contributed by atoms with Crippen molar-refractivity contribution < 1.29 is 0 Å². The van der Waals surface area contributed by atoms with Gasteiger partial charge in [0, 0.05) is 9.24 Å². The van der Waals surface area contributed by atoms with Crippen LogP contribution in [-0.4, -0.2) is 4.98 Å². The van der Waals surface area contributed by atoms with Crippen LogP contribution in [-0.2, 0) is 0 Å². The Bertz CT molecular complexity index is 1670. The van der Waals surface area contributed by atoms with Crippen molar-refractivity contribution in [3.8, 4) is 21.1 Å². The highest BCUT2D eigenvalue weighted by Crippen LogP contribution is 2.40. The largest absolute Gasteiger partial charge is 0.246 e. The molecule has 0 saturated carbocycles. The molecule has 0 bridgehead atoms. The third-order valence-electron chi connectivity index (χ3n) is 6.94. The maximum absolute atomic E-state index is 5.18. The van der Waals surface area contributed by atoms with Crippen molar-refractivity contribution in [3.05, 3.63) is 164 Å². The molecule has 0 unspecified atom stereocenters. The first-order valence-corrected chi connectivity index (χ1v) is 18.1. The fourth-order valence-corrected chi connectivity index (χ4v) is 13.0. The number of hydrogen-bond acceptors (Lipinski definition) is 3. The van der Waals surface area contributed by atoms with E-state index < -0.39 is 15.8 Å². The topological polar surface area (TPSA) is 12.9 Å². The summed E-state index contributed by atoms with van der Waals surface area (Å²) in [5, 5.41) is 5.48. The smallest absolute Gasteiger partial charge is 0.0809 e. The van der Waals surface area contributed by atoms with Gasteiger partial charge in [0.1, 0.15) is 0 Å². The van der Waals surface area contributed by atoms with Gasteiger partial charge in [-0.05, 0) is 73.5 Å². The first-order valence-electron chi connectivity index (χ1n) is 13.8. The van der Waals surface area contributed by atoms with E-state index in [-0.39, 0.29) is 0 Å². The molecule has 4 aromatic carbocycles. The SMILES string of the molecule is c1ccc(P(c2ccccc2)c2ccc(-c3cccc(-c4ccc(P(c5ccccc5)c5ccccc5)s4)n3)s2)cc1. The zero-order chi connectivity index (χ0) is 28.1. The van der Waals surface area contributed by atoms with E-state index in [1.807, 2.05) is 22.7 Å². The molecule has 0 saturated heterocycles. The molecule has 0 aliphatic heterocycles. The summed E-state index contributed by atoms with van der Waals surface area (Å²) < 4.78 is 2.78. The Balaban J connectivity index is 1.22. The van der Waals surface area contributed by atoms with Gasteiger partial charge < -0.3 is 0 Å². The van der Waals surface area contributed by atoms with Gasteiger partial charge in [-0.25, -0.2) is 4.98 Å². The molecule has 0 aliphatic carbocycles. The van der Waals surface area contributed by atoms with Crippen LogP contribution in [0.1, 0.15) is 0 Å². The molecule has 0 amide bonds. The van der Waals surface area contributed by atoms with Crippen molar-refractivity contribution in [1.82, 2.24) is 4.98 Å². The Morgan fingerprint density at radius 1 is 0.333 bits per heavy atom. The number of rotatable bonds is 8. The predicted molar refractivity (Wildman–Crippen MR) is 188 cm³/mol. The Morgan fingerprint density at radius 2 is 0.667 bits per heavy atom. The summed E-state index contributed by atoms with van der Waals surface area (Å²) in [7, 11) is -1.24.